The molecule has 0 amide bonds. The van der Waals surface area contributed by atoms with Gasteiger partial charge < -0.3 is 5.11 Å². The maximum atomic E-state index is 10.2. The molecule has 1 fully saturated rings. The van der Waals surface area contributed by atoms with Gasteiger partial charge in [-0.05, 0) is 24.7 Å². The Morgan fingerprint density at radius 1 is 1.33 bits per heavy atom. The first-order chi connectivity index (χ1) is 5.68. The van der Waals surface area contributed by atoms with Gasteiger partial charge in [-0.2, -0.15) is 0 Å². The van der Waals surface area contributed by atoms with Crippen LogP contribution in [0.4, 0.5) is 0 Å². The molecule has 0 atom stereocenters. The fourth-order valence-corrected chi connectivity index (χ4v) is 1.70. The molecule has 1 aliphatic rings. The lowest BCUT2D eigenvalue weighted by Crippen LogP contribution is -2.10. The molecule has 0 bridgehead atoms. The topological polar surface area (TPSA) is 37.3 Å². The fourth-order valence-electron chi connectivity index (χ4n) is 1.70. The Balaban J connectivity index is 2.30. The minimum atomic E-state index is -0.825. The lowest BCUT2D eigenvalue weighted by atomic mass is 9.83. The van der Waals surface area contributed by atoms with Crippen LogP contribution in [0.3, 0.4) is 0 Å². The summed E-state index contributed by atoms with van der Waals surface area (Å²) in [7, 11) is 0. The van der Waals surface area contributed by atoms with Crippen molar-refractivity contribution in [1.29, 1.82) is 0 Å². The molecule has 0 aliphatic heterocycles. The van der Waals surface area contributed by atoms with Crippen LogP contribution in [-0.4, -0.2) is 11.1 Å². The highest BCUT2D eigenvalue weighted by Crippen LogP contribution is 2.28. The van der Waals surface area contributed by atoms with Gasteiger partial charge in [0.25, 0.3) is 0 Å². The Labute approximate surface area is 73.3 Å². The van der Waals surface area contributed by atoms with E-state index in [0.29, 0.717) is 5.92 Å². The SMILES string of the molecule is CC1CCC(/C=C/C(=O)O)CC1. The molecule has 1 saturated carbocycles. The molecule has 0 aromatic rings. The number of carbonyl (C=O) groups is 1. The van der Waals surface area contributed by atoms with Gasteiger partial charge >= 0.3 is 5.97 Å². The van der Waals surface area contributed by atoms with Crippen LogP contribution < -0.4 is 0 Å². The van der Waals surface area contributed by atoms with Crippen molar-refractivity contribution in [3.05, 3.63) is 12.2 Å². The molecule has 0 radical (unpaired) electrons. The maximum absolute atomic E-state index is 10.2. The summed E-state index contributed by atoms with van der Waals surface area (Å²) in [5.41, 5.74) is 0. The summed E-state index contributed by atoms with van der Waals surface area (Å²) in [5.74, 6) is 0.519. The first-order valence-electron chi connectivity index (χ1n) is 4.59. The third-order valence-electron chi connectivity index (χ3n) is 2.57. The summed E-state index contributed by atoms with van der Waals surface area (Å²) in [6.45, 7) is 2.26. The van der Waals surface area contributed by atoms with E-state index in [1.807, 2.05) is 6.08 Å². The zero-order chi connectivity index (χ0) is 8.97. The second-order valence-electron chi connectivity index (χ2n) is 3.72. The van der Waals surface area contributed by atoms with Crippen LogP contribution in [0.2, 0.25) is 0 Å². The summed E-state index contributed by atoms with van der Waals surface area (Å²) in [6.07, 6.45) is 7.92. The number of carboxylic acid groups (broad SMARTS) is 1. The monoisotopic (exact) mass is 168 g/mol. The van der Waals surface area contributed by atoms with E-state index in [4.69, 9.17) is 5.11 Å². The molecule has 2 heteroatoms. The first kappa shape index (κ1) is 9.30. The molecule has 0 heterocycles. The molecular weight excluding hydrogens is 152 g/mol. The van der Waals surface area contributed by atoms with Crippen molar-refractivity contribution in [2.45, 2.75) is 32.6 Å². The summed E-state index contributed by atoms with van der Waals surface area (Å²) >= 11 is 0. The Morgan fingerprint density at radius 3 is 2.42 bits per heavy atom. The number of rotatable bonds is 2. The van der Waals surface area contributed by atoms with E-state index in [2.05, 4.69) is 6.92 Å². The van der Waals surface area contributed by atoms with Gasteiger partial charge in [-0.15, -0.1) is 0 Å². The van der Waals surface area contributed by atoms with Crippen molar-refractivity contribution in [2.75, 3.05) is 0 Å². The first-order valence-corrected chi connectivity index (χ1v) is 4.59. The van der Waals surface area contributed by atoms with E-state index >= 15 is 0 Å². The van der Waals surface area contributed by atoms with Crippen LogP contribution in [0.1, 0.15) is 32.6 Å². The highest BCUT2D eigenvalue weighted by Gasteiger charge is 2.15. The van der Waals surface area contributed by atoms with E-state index in [9.17, 15) is 4.79 Å². The third-order valence-corrected chi connectivity index (χ3v) is 2.57. The molecule has 12 heavy (non-hydrogen) atoms. The summed E-state index contributed by atoms with van der Waals surface area (Å²) in [4.78, 5) is 10.2. The molecule has 2 nitrogen and oxygen atoms in total. The molecule has 68 valence electrons. The minimum Gasteiger partial charge on any atom is -0.478 e. The molecule has 0 aromatic carbocycles. The van der Waals surface area contributed by atoms with Crippen molar-refractivity contribution in [3.63, 3.8) is 0 Å². The Morgan fingerprint density at radius 2 is 1.92 bits per heavy atom. The van der Waals surface area contributed by atoms with Gasteiger partial charge in [0.1, 0.15) is 0 Å². The zero-order valence-corrected chi connectivity index (χ0v) is 7.49. The number of aliphatic carboxylic acids is 1. The lowest BCUT2D eigenvalue weighted by Gasteiger charge is -2.23. The highest BCUT2D eigenvalue weighted by molar-refractivity contribution is 5.79. The second-order valence-corrected chi connectivity index (χ2v) is 3.72. The van der Waals surface area contributed by atoms with Gasteiger partial charge in [-0.25, -0.2) is 4.79 Å². The third kappa shape index (κ3) is 3.07. The van der Waals surface area contributed by atoms with Crippen LogP contribution in [0.25, 0.3) is 0 Å². The average Bonchev–Trinajstić information content (AvgIpc) is 2.03. The van der Waals surface area contributed by atoms with Crippen molar-refractivity contribution in [1.82, 2.24) is 0 Å². The molecule has 0 unspecified atom stereocenters. The highest BCUT2D eigenvalue weighted by atomic mass is 16.4. The van der Waals surface area contributed by atoms with Gasteiger partial charge in [0.2, 0.25) is 0 Å². The van der Waals surface area contributed by atoms with Gasteiger partial charge in [-0.3, -0.25) is 0 Å². The Kier molecular flexibility index (Phi) is 3.32. The molecule has 0 spiro atoms. The van der Waals surface area contributed by atoms with E-state index < -0.39 is 5.97 Å². The largest absolute Gasteiger partial charge is 0.478 e. The Hall–Kier alpha value is -0.790. The van der Waals surface area contributed by atoms with E-state index in [1.54, 1.807) is 0 Å². The van der Waals surface area contributed by atoms with Crippen molar-refractivity contribution in [3.8, 4) is 0 Å². The summed E-state index contributed by atoms with van der Waals surface area (Å²) in [6, 6.07) is 0. The molecule has 0 aromatic heterocycles. The van der Waals surface area contributed by atoms with Crippen molar-refractivity contribution >= 4 is 5.97 Å². The quantitative estimate of drug-likeness (QED) is 0.643. The Bertz CT molecular complexity index is 176. The van der Waals surface area contributed by atoms with Gasteiger partial charge in [0.05, 0.1) is 0 Å². The summed E-state index contributed by atoms with van der Waals surface area (Å²) < 4.78 is 0. The number of hydrogen-bond acceptors (Lipinski definition) is 1. The molecular formula is C10H16O2. The smallest absolute Gasteiger partial charge is 0.327 e. The standard InChI is InChI=1S/C10H16O2/c1-8-2-4-9(5-3-8)6-7-10(11)12/h6-9H,2-5H2,1H3,(H,11,12)/b7-6+. The predicted molar refractivity (Wildman–Crippen MR) is 47.9 cm³/mol. The van der Waals surface area contributed by atoms with E-state index in [0.717, 1.165) is 18.8 Å². The average molecular weight is 168 g/mol. The van der Waals surface area contributed by atoms with E-state index in [1.165, 1.54) is 18.9 Å². The van der Waals surface area contributed by atoms with Crippen LogP contribution in [0.15, 0.2) is 12.2 Å². The lowest BCUT2D eigenvalue weighted by molar-refractivity contribution is -0.131. The fraction of sp³-hybridized carbons (Fsp3) is 0.700. The predicted octanol–water partition coefficient (Wildman–Crippen LogP) is 2.45. The van der Waals surface area contributed by atoms with Crippen LogP contribution in [0, 0.1) is 11.8 Å². The normalized spacial score (nSPS) is 30.8. The zero-order valence-electron chi connectivity index (χ0n) is 7.49. The molecule has 1 aliphatic carbocycles. The van der Waals surface area contributed by atoms with Crippen molar-refractivity contribution < 1.29 is 9.90 Å². The number of allylic oxidation sites excluding steroid dienone is 1. The molecule has 1 N–H and O–H groups in total. The van der Waals surface area contributed by atoms with Gasteiger partial charge in [0.15, 0.2) is 0 Å². The van der Waals surface area contributed by atoms with Crippen LogP contribution >= 0.6 is 0 Å². The second kappa shape index (κ2) is 4.29. The van der Waals surface area contributed by atoms with Gasteiger partial charge in [-0.1, -0.05) is 25.8 Å². The van der Waals surface area contributed by atoms with Crippen LogP contribution in [-0.2, 0) is 4.79 Å². The molecule has 0 saturated heterocycles. The number of hydrogen-bond donors (Lipinski definition) is 1. The van der Waals surface area contributed by atoms with Crippen molar-refractivity contribution in [2.24, 2.45) is 11.8 Å². The van der Waals surface area contributed by atoms with Crippen LogP contribution in [0.5, 0.6) is 0 Å². The minimum absolute atomic E-state index is 0.511. The van der Waals surface area contributed by atoms with Gasteiger partial charge in [0, 0.05) is 6.08 Å². The number of carboxylic acids is 1. The maximum Gasteiger partial charge on any atom is 0.327 e. The molecule has 1 rings (SSSR count). The summed E-state index contributed by atoms with van der Waals surface area (Å²) in [5, 5.41) is 8.41. The van der Waals surface area contributed by atoms with E-state index in [-0.39, 0.29) is 0 Å².